The van der Waals surface area contributed by atoms with Crippen molar-refractivity contribution in [1.29, 1.82) is 0 Å². The Kier molecular flexibility index (Phi) is 7.80. The van der Waals surface area contributed by atoms with E-state index in [-0.39, 0.29) is 36.5 Å². The lowest BCUT2D eigenvalue weighted by atomic mass is 10.1. The van der Waals surface area contributed by atoms with Crippen LogP contribution in [0.15, 0.2) is 54.6 Å². The Hall–Kier alpha value is -3.10. The maximum absolute atomic E-state index is 12.8. The first kappa shape index (κ1) is 23.1. The van der Waals surface area contributed by atoms with E-state index in [0.717, 1.165) is 29.9 Å². The molecule has 0 spiro atoms. The molecule has 2 aliphatic rings. The standard InChI is InChI=1S/C25H32N4O4/c26-15-24(30)28-19-14-23(27-16-19)25(31)29-12-10-22(11-13-29)33-21-8-6-20(7-9-21)32-17-18-4-2-1-3-5-18/h1-9,19,22-23,27H,10-17,26H2,(H,28,30)/t19?,23-/m1/s1. The first-order valence-corrected chi connectivity index (χ1v) is 11.6. The monoisotopic (exact) mass is 452 g/mol. The Morgan fingerprint density at radius 1 is 1.03 bits per heavy atom. The molecule has 4 rings (SSSR count). The normalized spacial score (nSPS) is 20.9. The molecule has 4 N–H and O–H groups in total. The van der Waals surface area contributed by atoms with Crippen molar-refractivity contribution >= 4 is 11.8 Å². The van der Waals surface area contributed by atoms with E-state index >= 15 is 0 Å². The Bertz CT molecular complexity index is 914. The second kappa shape index (κ2) is 11.2. The van der Waals surface area contributed by atoms with E-state index in [1.54, 1.807) is 0 Å². The number of rotatable bonds is 8. The highest BCUT2D eigenvalue weighted by molar-refractivity contribution is 5.83. The molecule has 2 amide bonds. The van der Waals surface area contributed by atoms with Crippen molar-refractivity contribution in [2.24, 2.45) is 5.73 Å². The number of hydrogen-bond acceptors (Lipinski definition) is 6. The van der Waals surface area contributed by atoms with Gasteiger partial charge in [-0.05, 0) is 36.2 Å². The van der Waals surface area contributed by atoms with Gasteiger partial charge in [-0.25, -0.2) is 0 Å². The van der Waals surface area contributed by atoms with Gasteiger partial charge in [-0.3, -0.25) is 9.59 Å². The van der Waals surface area contributed by atoms with Crippen LogP contribution >= 0.6 is 0 Å². The third-order valence-electron chi connectivity index (χ3n) is 6.11. The van der Waals surface area contributed by atoms with Gasteiger partial charge in [-0.2, -0.15) is 0 Å². The average Bonchev–Trinajstić information content (AvgIpc) is 3.32. The Morgan fingerprint density at radius 3 is 2.42 bits per heavy atom. The van der Waals surface area contributed by atoms with Crippen molar-refractivity contribution in [2.75, 3.05) is 26.2 Å². The van der Waals surface area contributed by atoms with Crippen LogP contribution in [-0.2, 0) is 16.2 Å². The lowest BCUT2D eigenvalue weighted by molar-refractivity contribution is -0.135. The maximum Gasteiger partial charge on any atom is 0.239 e. The molecule has 0 aliphatic carbocycles. The molecule has 2 atom stereocenters. The van der Waals surface area contributed by atoms with Crippen LogP contribution in [0.3, 0.4) is 0 Å². The Balaban J connectivity index is 1.18. The molecule has 2 heterocycles. The average molecular weight is 453 g/mol. The molecule has 0 aromatic heterocycles. The number of likely N-dealkylation sites (tertiary alicyclic amines) is 1. The van der Waals surface area contributed by atoms with Gasteiger partial charge >= 0.3 is 0 Å². The fraction of sp³-hybridized carbons (Fsp3) is 0.440. The van der Waals surface area contributed by atoms with Crippen LogP contribution in [0.4, 0.5) is 0 Å². The molecule has 0 radical (unpaired) electrons. The van der Waals surface area contributed by atoms with E-state index in [9.17, 15) is 9.59 Å². The van der Waals surface area contributed by atoms with Gasteiger partial charge < -0.3 is 30.7 Å². The molecule has 2 aromatic carbocycles. The van der Waals surface area contributed by atoms with Crippen molar-refractivity contribution in [3.63, 3.8) is 0 Å². The molecule has 176 valence electrons. The lowest BCUT2D eigenvalue weighted by Gasteiger charge is -2.33. The van der Waals surface area contributed by atoms with E-state index < -0.39 is 0 Å². The van der Waals surface area contributed by atoms with Crippen LogP contribution in [0.25, 0.3) is 0 Å². The summed E-state index contributed by atoms with van der Waals surface area (Å²) in [5, 5.41) is 6.07. The second-order valence-electron chi connectivity index (χ2n) is 8.55. The van der Waals surface area contributed by atoms with E-state index in [4.69, 9.17) is 15.2 Å². The molecule has 8 heteroatoms. The predicted octanol–water partition coefficient (Wildman–Crippen LogP) is 1.44. The number of nitrogens with two attached hydrogens (primary N) is 1. The fourth-order valence-corrected chi connectivity index (χ4v) is 4.28. The maximum atomic E-state index is 12.8. The number of hydrogen-bond donors (Lipinski definition) is 3. The molecule has 1 unspecified atom stereocenters. The van der Waals surface area contributed by atoms with Crippen LogP contribution in [0.1, 0.15) is 24.8 Å². The number of amides is 2. The molecule has 0 bridgehead atoms. The summed E-state index contributed by atoms with van der Waals surface area (Å²) in [7, 11) is 0. The highest BCUT2D eigenvalue weighted by Gasteiger charge is 2.34. The summed E-state index contributed by atoms with van der Waals surface area (Å²) in [6.07, 6.45) is 2.26. The van der Waals surface area contributed by atoms with Gasteiger partial charge in [-0.1, -0.05) is 30.3 Å². The minimum Gasteiger partial charge on any atom is -0.490 e. The summed E-state index contributed by atoms with van der Waals surface area (Å²) < 4.78 is 12.0. The minimum atomic E-state index is -0.256. The topological polar surface area (TPSA) is 106 Å². The number of piperidine rings is 1. The smallest absolute Gasteiger partial charge is 0.239 e. The molecular formula is C25H32N4O4. The molecule has 33 heavy (non-hydrogen) atoms. The summed E-state index contributed by atoms with van der Waals surface area (Å²) in [4.78, 5) is 26.2. The largest absolute Gasteiger partial charge is 0.490 e. The number of nitrogens with zero attached hydrogens (tertiary/aromatic N) is 1. The highest BCUT2D eigenvalue weighted by atomic mass is 16.5. The summed E-state index contributed by atoms with van der Waals surface area (Å²) in [5.41, 5.74) is 6.47. The van der Waals surface area contributed by atoms with Gasteiger partial charge in [-0.15, -0.1) is 0 Å². The molecular weight excluding hydrogens is 420 g/mol. The number of ether oxygens (including phenoxy) is 2. The van der Waals surface area contributed by atoms with E-state index in [2.05, 4.69) is 10.6 Å². The summed E-state index contributed by atoms with van der Waals surface area (Å²) in [6, 6.07) is 17.4. The number of benzene rings is 2. The van der Waals surface area contributed by atoms with Crippen molar-refractivity contribution in [1.82, 2.24) is 15.5 Å². The lowest BCUT2D eigenvalue weighted by Crippen LogP contribution is -2.48. The molecule has 2 fully saturated rings. The number of carbonyl (C=O) groups excluding carboxylic acids is 2. The zero-order valence-corrected chi connectivity index (χ0v) is 18.7. The van der Waals surface area contributed by atoms with Crippen LogP contribution in [0, 0.1) is 0 Å². The third kappa shape index (κ3) is 6.46. The van der Waals surface area contributed by atoms with Crippen LogP contribution in [-0.4, -0.2) is 61.1 Å². The van der Waals surface area contributed by atoms with Crippen molar-refractivity contribution in [3.05, 3.63) is 60.2 Å². The SMILES string of the molecule is NCC(=O)NC1CN[C@@H](C(=O)N2CCC(Oc3ccc(OCc4ccccc4)cc3)CC2)C1. The second-order valence-corrected chi connectivity index (χ2v) is 8.55. The quantitative estimate of drug-likeness (QED) is 0.560. The Labute approximate surface area is 194 Å². The minimum absolute atomic E-state index is 0.0356. The predicted molar refractivity (Wildman–Crippen MR) is 125 cm³/mol. The van der Waals surface area contributed by atoms with Gasteiger partial charge in [0.25, 0.3) is 0 Å². The first-order chi connectivity index (χ1) is 16.1. The van der Waals surface area contributed by atoms with E-state index in [1.807, 2.05) is 59.5 Å². The van der Waals surface area contributed by atoms with E-state index in [1.165, 1.54) is 0 Å². The van der Waals surface area contributed by atoms with Gasteiger partial charge in [0.1, 0.15) is 24.2 Å². The van der Waals surface area contributed by atoms with Gasteiger partial charge in [0, 0.05) is 38.5 Å². The van der Waals surface area contributed by atoms with Gasteiger partial charge in [0.2, 0.25) is 11.8 Å². The molecule has 2 aliphatic heterocycles. The summed E-state index contributed by atoms with van der Waals surface area (Å²) in [5.74, 6) is 1.51. The fourth-order valence-electron chi connectivity index (χ4n) is 4.28. The third-order valence-corrected chi connectivity index (χ3v) is 6.11. The molecule has 2 aromatic rings. The summed E-state index contributed by atoms with van der Waals surface area (Å²) >= 11 is 0. The number of carbonyl (C=O) groups is 2. The Morgan fingerprint density at radius 2 is 1.73 bits per heavy atom. The van der Waals surface area contributed by atoms with Gasteiger partial charge in [0.05, 0.1) is 12.6 Å². The molecule has 0 saturated carbocycles. The highest BCUT2D eigenvalue weighted by Crippen LogP contribution is 2.23. The van der Waals surface area contributed by atoms with Crippen LogP contribution < -0.4 is 25.8 Å². The molecule has 8 nitrogen and oxygen atoms in total. The summed E-state index contributed by atoms with van der Waals surface area (Å²) in [6.45, 7) is 2.42. The van der Waals surface area contributed by atoms with Crippen LogP contribution in [0.5, 0.6) is 11.5 Å². The van der Waals surface area contributed by atoms with Crippen LogP contribution in [0.2, 0.25) is 0 Å². The van der Waals surface area contributed by atoms with Crippen molar-refractivity contribution in [3.8, 4) is 11.5 Å². The van der Waals surface area contributed by atoms with E-state index in [0.29, 0.717) is 32.7 Å². The zero-order chi connectivity index (χ0) is 23.0. The van der Waals surface area contributed by atoms with Gasteiger partial charge in [0.15, 0.2) is 0 Å². The molecule has 2 saturated heterocycles. The van der Waals surface area contributed by atoms with Crippen molar-refractivity contribution in [2.45, 2.75) is 44.1 Å². The first-order valence-electron chi connectivity index (χ1n) is 11.6. The number of nitrogens with one attached hydrogen (secondary N) is 2. The van der Waals surface area contributed by atoms with Crippen molar-refractivity contribution < 1.29 is 19.1 Å². The zero-order valence-electron chi connectivity index (χ0n) is 18.7.